The van der Waals surface area contributed by atoms with Crippen LogP contribution in [0.4, 0.5) is 0 Å². The fourth-order valence-corrected chi connectivity index (χ4v) is 1.99. The van der Waals surface area contributed by atoms with E-state index in [1.165, 1.54) is 12.1 Å². The Morgan fingerprint density at radius 2 is 1.82 bits per heavy atom. The van der Waals surface area contributed by atoms with E-state index in [-0.39, 0.29) is 17.2 Å². The van der Waals surface area contributed by atoms with Crippen molar-refractivity contribution in [3.8, 4) is 0 Å². The van der Waals surface area contributed by atoms with Gasteiger partial charge < -0.3 is 0 Å². The normalized spacial score (nSPS) is 13.5. The second kappa shape index (κ2) is 6.18. The molecular formula is C10H6Cl6O. The van der Waals surface area contributed by atoms with Crippen LogP contribution in [0, 0.1) is 0 Å². The van der Waals surface area contributed by atoms with E-state index < -0.39 is 9.17 Å². The van der Waals surface area contributed by atoms with Crippen LogP contribution in [-0.2, 0) is 0 Å². The van der Waals surface area contributed by atoms with Crippen LogP contribution < -0.4 is 0 Å². The molecule has 0 aliphatic rings. The molecule has 1 aromatic carbocycles. The van der Waals surface area contributed by atoms with E-state index in [4.69, 9.17) is 69.6 Å². The number of carbonyl (C=O) groups excluding carboxylic acids is 1. The molecule has 0 saturated heterocycles. The first-order chi connectivity index (χ1) is 7.71. The number of Topliss-reactive ketones (excluding diaryl/α,β-unsaturated/α-hetero) is 1. The van der Waals surface area contributed by atoms with Crippen LogP contribution in [0.25, 0.3) is 0 Å². The molecule has 0 aliphatic carbocycles. The van der Waals surface area contributed by atoms with Crippen LogP contribution in [-0.4, -0.2) is 15.0 Å². The van der Waals surface area contributed by atoms with Crippen molar-refractivity contribution in [2.75, 3.05) is 0 Å². The Bertz CT molecular complexity index is 425. The highest BCUT2D eigenvalue weighted by Crippen LogP contribution is 2.36. The molecule has 0 fully saturated rings. The van der Waals surface area contributed by atoms with Gasteiger partial charge in [0.25, 0.3) is 0 Å². The molecule has 0 spiro atoms. The van der Waals surface area contributed by atoms with Crippen LogP contribution in [0.15, 0.2) is 18.2 Å². The topological polar surface area (TPSA) is 17.1 Å². The van der Waals surface area contributed by atoms with Crippen molar-refractivity contribution in [3.05, 3.63) is 33.8 Å². The van der Waals surface area contributed by atoms with Crippen molar-refractivity contribution < 1.29 is 4.79 Å². The van der Waals surface area contributed by atoms with E-state index in [1.807, 2.05) is 0 Å². The molecular weight excluding hydrogens is 349 g/mol. The van der Waals surface area contributed by atoms with Gasteiger partial charge in [-0.3, -0.25) is 4.79 Å². The van der Waals surface area contributed by atoms with E-state index >= 15 is 0 Å². The zero-order chi connectivity index (χ0) is 13.2. The van der Waals surface area contributed by atoms with Gasteiger partial charge in [0.05, 0.1) is 10.4 Å². The zero-order valence-electron chi connectivity index (χ0n) is 8.19. The lowest BCUT2D eigenvalue weighted by Crippen LogP contribution is -2.23. The Kier molecular flexibility index (Phi) is 5.71. The van der Waals surface area contributed by atoms with Gasteiger partial charge >= 0.3 is 0 Å². The first-order valence-corrected chi connectivity index (χ1v) is 6.73. The van der Waals surface area contributed by atoms with Crippen molar-refractivity contribution in [2.24, 2.45) is 0 Å². The Balaban J connectivity index is 2.84. The highest BCUT2D eigenvalue weighted by molar-refractivity contribution is 6.70. The Labute approximate surface area is 129 Å². The maximum absolute atomic E-state index is 11.8. The number of hydrogen-bond acceptors (Lipinski definition) is 1. The number of ketones is 1. The molecule has 94 valence electrons. The summed E-state index contributed by atoms with van der Waals surface area (Å²) in [5.41, 5.74) is 0.302. The predicted molar refractivity (Wildman–Crippen MR) is 75.3 cm³/mol. The number of hydrogen-bond donors (Lipinski definition) is 0. The van der Waals surface area contributed by atoms with Crippen molar-refractivity contribution in [3.63, 3.8) is 0 Å². The molecule has 1 atom stereocenters. The van der Waals surface area contributed by atoms with Gasteiger partial charge in [0, 0.05) is 17.0 Å². The van der Waals surface area contributed by atoms with Crippen LogP contribution in [0.3, 0.4) is 0 Å². The third-order valence-corrected chi connectivity index (χ3v) is 4.11. The summed E-state index contributed by atoms with van der Waals surface area (Å²) in [7, 11) is 0. The van der Waals surface area contributed by atoms with E-state index in [1.54, 1.807) is 6.07 Å². The Morgan fingerprint density at radius 1 is 1.24 bits per heavy atom. The van der Waals surface area contributed by atoms with Crippen molar-refractivity contribution >= 4 is 75.4 Å². The fourth-order valence-electron chi connectivity index (χ4n) is 1.10. The lowest BCUT2D eigenvalue weighted by Gasteiger charge is -2.17. The summed E-state index contributed by atoms with van der Waals surface area (Å²) in [6, 6.07) is 4.53. The van der Waals surface area contributed by atoms with Gasteiger partial charge in [-0.2, -0.15) is 0 Å². The van der Waals surface area contributed by atoms with E-state index in [0.717, 1.165) is 0 Å². The van der Waals surface area contributed by atoms with E-state index in [9.17, 15) is 4.79 Å². The zero-order valence-corrected chi connectivity index (χ0v) is 12.7. The highest BCUT2D eigenvalue weighted by atomic mass is 35.6. The van der Waals surface area contributed by atoms with E-state index in [2.05, 4.69) is 0 Å². The molecule has 0 amide bonds. The third-order valence-electron chi connectivity index (χ3n) is 1.95. The molecule has 1 nitrogen and oxygen atoms in total. The molecule has 17 heavy (non-hydrogen) atoms. The minimum absolute atomic E-state index is 0.126. The van der Waals surface area contributed by atoms with Crippen molar-refractivity contribution in [2.45, 2.75) is 15.6 Å². The summed E-state index contributed by atoms with van der Waals surface area (Å²) in [6.45, 7) is 0. The molecule has 0 N–H and O–H groups in total. The lowest BCUT2D eigenvalue weighted by atomic mass is 10.1. The van der Waals surface area contributed by atoms with Gasteiger partial charge in [0.1, 0.15) is 0 Å². The SMILES string of the molecule is O=C(C[C@H](Cl)C(Cl)(Cl)Cl)c1ccc(Cl)cc1Cl. The summed E-state index contributed by atoms with van der Waals surface area (Å²) in [4.78, 5) is 11.8. The second-order valence-corrected chi connectivity index (χ2v) is 7.00. The molecule has 0 saturated carbocycles. The van der Waals surface area contributed by atoms with Gasteiger partial charge in [-0.25, -0.2) is 0 Å². The molecule has 0 unspecified atom stereocenters. The van der Waals surface area contributed by atoms with Gasteiger partial charge in [0.15, 0.2) is 5.78 Å². The van der Waals surface area contributed by atoms with Crippen LogP contribution in [0.5, 0.6) is 0 Å². The van der Waals surface area contributed by atoms with Gasteiger partial charge in [-0.1, -0.05) is 58.0 Å². The maximum Gasteiger partial charge on any atom is 0.207 e. The quantitative estimate of drug-likeness (QED) is 0.514. The first-order valence-electron chi connectivity index (χ1n) is 4.41. The third kappa shape index (κ3) is 4.66. The largest absolute Gasteiger partial charge is 0.294 e. The highest BCUT2D eigenvalue weighted by Gasteiger charge is 2.33. The molecule has 0 heterocycles. The summed E-state index contributed by atoms with van der Waals surface area (Å²) < 4.78 is -1.70. The number of rotatable bonds is 3. The van der Waals surface area contributed by atoms with Crippen molar-refractivity contribution in [1.29, 1.82) is 0 Å². The lowest BCUT2D eigenvalue weighted by molar-refractivity contribution is 0.0982. The van der Waals surface area contributed by atoms with Crippen molar-refractivity contribution in [1.82, 2.24) is 0 Å². The van der Waals surface area contributed by atoms with Gasteiger partial charge in [-0.15, -0.1) is 11.6 Å². The fraction of sp³-hybridized carbons (Fsp3) is 0.300. The monoisotopic (exact) mass is 352 g/mol. The number of carbonyl (C=O) groups is 1. The Morgan fingerprint density at radius 3 is 2.29 bits per heavy atom. The summed E-state index contributed by atoms with van der Waals surface area (Å²) >= 11 is 34.1. The minimum Gasteiger partial charge on any atom is -0.294 e. The molecule has 1 aromatic rings. The van der Waals surface area contributed by atoms with E-state index in [0.29, 0.717) is 10.6 Å². The molecule has 7 heteroatoms. The summed E-state index contributed by atoms with van der Waals surface area (Å²) in [5, 5.41) is -0.238. The van der Waals surface area contributed by atoms with Crippen LogP contribution >= 0.6 is 69.6 Å². The second-order valence-electron chi connectivity index (χ2n) is 3.26. The summed E-state index contributed by atoms with van der Waals surface area (Å²) in [5.74, 6) is -0.307. The first kappa shape index (κ1) is 15.7. The number of alkyl halides is 4. The summed E-state index contributed by atoms with van der Waals surface area (Å²) in [6.07, 6.45) is -0.126. The Hall–Kier alpha value is 0.630. The molecule has 0 aliphatic heterocycles. The van der Waals surface area contributed by atoms with Gasteiger partial charge in [-0.05, 0) is 18.2 Å². The molecule has 0 aromatic heterocycles. The van der Waals surface area contributed by atoms with Crippen LogP contribution in [0.1, 0.15) is 16.8 Å². The minimum atomic E-state index is -1.70. The molecule has 1 rings (SSSR count). The van der Waals surface area contributed by atoms with Gasteiger partial charge in [0.2, 0.25) is 3.79 Å². The van der Waals surface area contributed by atoms with Crippen LogP contribution in [0.2, 0.25) is 10.0 Å². The number of halogens is 6. The average molecular weight is 355 g/mol. The maximum atomic E-state index is 11.8. The number of benzene rings is 1. The molecule has 0 bridgehead atoms. The smallest absolute Gasteiger partial charge is 0.207 e. The predicted octanol–water partition coefficient (Wildman–Crippen LogP) is 5.54. The standard InChI is InChI=1S/C10H6Cl6O/c11-5-1-2-6(7(12)3-5)8(17)4-9(13)10(14,15)16/h1-3,9H,4H2/t9-/m0/s1. The average Bonchev–Trinajstić information content (AvgIpc) is 2.15. The molecule has 0 radical (unpaired) electrons.